The molecule has 0 radical (unpaired) electrons. The first kappa shape index (κ1) is 15.9. The van der Waals surface area contributed by atoms with E-state index < -0.39 is 28.8 Å². The van der Waals surface area contributed by atoms with Gasteiger partial charge in [-0.2, -0.15) is 4.31 Å². The molecule has 0 aliphatic heterocycles. The van der Waals surface area contributed by atoms with Crippen LogP contribution in [0.3, 0.4) is 0 Å². The second-order valence-electron chi connectivity index (χ2n) is 3.96. The lowest BCUT2D eigenvalue weighted by Crippen LogP contribution is -2.31. The fraction of sp³-hybridized carbons (Fsp3) is 0.455. The van der Waals surface area contributed by atoms with Gasteiger partial charge in [-0.15, -0.1) is 0 Å². The number of hydrogen-bond acceptors (Lipinski definition) is 3. The molecule has 19 heavy (non-hydrogen) atoms. The first-order valence-corrected chi connectivity index (χ1v) is 6.90. The number of nitrogens with zero attached hydrogens (tertiary/aromatic N) is 1. The fourth-order valence-electron chi connectivity index (χ4n) is 1.51. The van der Waals surface area contributed by atoms with Crippen LogP contribution in [0.4, 0.5) is 13.2 Å². The number of sulfonamides is 1. The molecular formula is C11H15F3N2O2S. The largest absolute Gasteiger partial charge is 0.316 e. The lowest BCUT2D eigenvalue weighted by Gasteiger charge is -2.17. The summed E-state index contributed by atoms with van der Waals surface area (Å²) in [7, 11) is -1.39. The third kappa shape index (κ3) is 3.92. The Kier molecular flexibility index (Phi) is 5.33. The van der Waals surface area contributed by atoms with E-state index in [2.05, 4.69) is 5.32 Å². The zero-order chi connectivity index (χ0) is 14.6. The first-order valence-electron chi connectivity index (χ1n) is 5.46. The molecule has 0 saturated heterocycles. The minimum Gasteiger partial charge on any atom is -0.316 e. The normalized spacial score (nSPS) is 12.4. The lowest BCUT2D eigenvalue weighted by atomic mass is 10.2. The highest BCUT2D eigenvalue weighted by Gasteiger charge is 2.24. The summed E-state index contributed by atoms with van der Waals surface area (Å²) < 4.78 is 62.3. The van der Waals surface area contributed by atoms with E-state index in [0.717, 1.165) is 25.2 Å². The van der Waals surface area contributed by atoms with Gasteiger partial charge in [-0.05, 0) is 25.2 Å². The molecule has 1 N–H and O–H groups in total. The number of rotatable bonds is 6. The van der Waals surface area contributed by atoms with Crippen molar-refractivity contribution in [2.45, 2.75) is 17.9 Å². The monoisotopic (exact) mass is 296 g/mol. The van der Waals surface area contributed by atoms with Crippen molar-refractivity contribution in [1.82, 2.24) is 9.62 Å². The van der Waals surface area contributed by atoms with Gasteiger partial charge in [-0.25, -0.2) is 21.6 Å². The summed E-state index contributed by atoms with van der Waals surface area (Å²) >= 11 is 0. The average molecular weight is 296 g/mol. The zero-order valence-electron chi connectivity index (χ0n) is 10.5. The van der Waals surface area contributed by atoms with Gasteiger partial charge in [-0.1, -0.05) is 0 Å². The Morgan fingerprint density at radius 1 is 1.37 bits per heavy atom. The summed E-state index contributed by atoms with van der Waals surface area (Å²) in [6.45, 7) is -0.755. The molecule has 0 atom stereocenters. The molecule has 0 fully saturated rings. The smallest absolute Gasteiger partial charge is 0.252 e. The molecule has 0 unspecified atom stereocenters. The van der Waals surface area contributed by atoms with Crippen molar-refractivity contribution in [3.05, 3.63) is 29.6 Å². The molecule has 0 spiro atoms. The SMILES string of the molecule is CNCc1cc(S(=O)(=O)N(C)CC(F)F)ccc1F. The molecule has 0 aliphatic carbocycles. The highest BCUT2D eigenvalue weighted by atomic mass is 32.2. The predicted octanol–water partition coefficient (Wildman–Crippen LogP) is 1.43. The van der Waals surface area contributed by atoms with Gasteiger partial charge < -0.3 is 5.32 Å². The molecule has 108 valence electrons. The van der Waals surface area contributed by atoms with Crippen molar-refractivity contribution in [1.29, 1.82) is 0 Å². The quantitative estimate of drug-likeness (QED) is 0.864. The number of benzene rings is 1. The molecule has 8 heteroatoms. The van der Waals surface area contributed by atoms with Crippen LogP contribution in [0.2, 0.25) is 0 Å². The summed E-state index contributed by atoms with van der Waals surface area (Å²) in [4.78, 5) is -0.206. The lowest BCUT2D eigenvalue weighted by molar-refractivity contribution is 0.126. The standard InChI is InChI=1S/C11H15F3N2O2S/c1-15-6-8-5-9(3-4-10(8)12)19(17,18)16(2)7-11(13)14/h3-5,11,15H,6-7H2,1-2H3. The number of alkyl halides is 2. The van der Waals surface area contributed by atoms with Crippen LogP contribution in [0.25, 0.3) is 0 Å². The minimum atomic E-state index is -4.03. The summed E-state index contributed by atoms with van der Waals surface area (Å²) in [5.41, 5.74) is 0.161. The van der Waals surface area contributed by atoms with Crippen LogP contribution in [-0.2, 0) is 16.6 Å². The fourth-order valence-corrected chi connectivity index (χ4v) is 2.71. The Balaban J connectivity index is 3.11. The predicted molar refractivity (Wildman–Crippen MR) is 65.0 cm³/mol. The van der Waals surface area contributed by atoms with E-state index in [1.54, 1.807) is 7.05 Å². The van der Waals surface area contributed by atoms with Gasteiger partial charge in [0.25, 0.3) is 6.43 Å². The second-order valence-corrected chi connectivity index (χ2v) is 6.01. The maximum absolute atomic E-state index is 13.4. The van der Waals surface area contributed by atoms with E-state index in [1.165, 1.54) is 0 Å². The number of hydrogen-bond donors (Lipinski definition) is 1. The van der Waals surface area contributed by atoms with Crippen molar-refractivity contribution in [2.24, 2.45) is 0 Å². The summed E-state index contributed by atoms with van der Waals surface area (Å²) in [5.74, 6) is -0.551. The van der Waals surface area contributed by atoms with Gasteiger partial charge >= 0.3 is 0 Å². The second kappa shape index (κ2) is 6.36. The Labute approximate surface area is 110 Å². The van der Waals surface area contributed by atoms with Crippen molar-refractivity contribution >= 4 is 10.0 Å². The molecule has 0 saturated carbocycles. The van der Waals surface area contributed by atoms with Crippen LogP contribution in [0.15, 0.2) is 23.1 Å². The number of nitrogens with one attached hydrogen (secondary N) is 1. The van der Waals surface area contributed by atoms with Gasteiger partial charge in [-0.3, -0.25) is 0 Å². The Hall–Kier alpha value is -1.12. The van der Waals surface area contributed by atoms with Gasteiger partial charge in [0.1, 0.15) is 5.82 Å². The molecule has 1 rings (SSSR count). The molecule has 0 aliphatic rings. The molecule has 0 aromatic heterocycles. The van der Waals surface area contributed by atoms with E-state index in [1.807, 2.05) is 0 Å². The summed E-state index contributed by atoms with van der Waals surface area (Å²) in [6, 6.07) is 3.21. The molecule has 1 aromatic rings. The van der Waals surface area contributed by atoms with Gasteiger partial charge in [0.15, 0.2) is 0 Å². The highest BCUT2D eigenvalue weighted by molar-refractivity contribution is 7.89. The first-order chi connectivity index (χ1) is 8.78. The van der Waals surface area contributed by atoms with Crippen molar-refractivity contribution in [3.63, 3.8) is 0 Å². The Morgan fingerprint density at radius 3 is 2.53 bits per heavy atom. The van der Waals surface area contributed by atoms with Gasteiger partial charge in [0.05, 0.1) is 11.4 Å². The van der Waals surface area contributed by atoms with Crippen LogP contribution in [0, 0.1) is 5.82 Å². The third-order valence-electron chi connectivity index (χ3n) is 2.49. The molecule has 4 nitrogen and oxygen atoms in total. The third-order valence-corrected chi connectivity index (χ3v) is 4.31. The van der Waals surface area contributed by atoms with Crippen molar-refractivity contribution in [3.8, 4) is 0 Å². The van der Waals surface area contributed by atoms with Crippen LogP contribution in [0.1, 0.15) is 5.56 Å². The van der Waals surface area contributed by atoms with E-state index in [-0.39, 0.29) is 17.0 Å². The molecule has 0 heterocycles. The topological polar surface area (TPSA) is 49.4 Å². The van der Waals surface area contributed by atoms with E-state index in [4.69, 9.17) is 0 Å². The van der Waals surface area contributed by atoms with Crippen LogP contribution >= 0.6 is 0 Å². The van der Waals surface area contributed by atoms with Crippen molar-refractivity contribution in [2.75, 3.05) is 20.6 Å². The maximum atomic E-state index is 13.4. The molecule has 0 amide bonds. The van der Waals surface area contributed by atoms with Gasteiger partial charge in [0, 0.05) is 19.2 Å². The van der Waals surface area contributed by atoms with Gasteiger partial charge in [0.2, 0.25) is 10.0 Å². The van der Waals surface area contributed by atoms with E-state index in [0.29, 0.717) is 4.31 Å². The minimum absolute atomic E-state index is 0.147. The maximum Gasteiger partial charge on any atom is 0.252 e. The summed E-state index contributed by atoms with van der Waals surface area (Å²) in [6.07, 6.45) is -2.77. The van der Waals surface area contributed by atoms with E-state index in [9.17, 15) is 21.6 Å². The van der Waals surface area contributed by atoms with E-state index >= 15 is 0 Å². The molecule has 0 bridgehead atoms. The summed E-state index contributed by atoms with van der Waals surface area (Å²) in [5, 5.41) is 2.70. The van der Waals surface area contributed by atoms with Crippen LogP contribution in [-0.4, -0.2) is 39.8 Å². The highest BCUT2D eigenvalue weighted by Crippen LogP contribution is 2.19. The van der Waals surface area contributed by atoms with Crippen molar-refractivity contribution < 1.29 is 21.6 Å². The number of halogens is 3. The van der Waals surface area contributed by atoms with Crippen LogP contribution < -0.4 is 5.32 Å². The molecular weight excluding hydrogens is 281 g/mol. The average Bonchev–Trinajstić information content (AvgIpc) is 2.31. The zero-order valence-corrected chi connectivity index (χ0v) is 11.3. The Morgan fingerprint density at radius 2 is 2.00 bits per heavy atom. The Bertz CT molecular complexity index is 535. The molecule has 1 aromatic carbocycles. The van der Waals surface area contributed by atoms with Crippen LogP contribution in [0.5, 0.6) is 0 Å².